The van der Waals surface area contributed by atoms with E-state index >= 15 is 0 Å². The molecule has 0 spiro atoms. The summed E-state index contributed by atoms with van der Waals surface area (Å²) in [7, 11) is 0. The Kier molecular flexibility index (Phi) is 3.66. The van der Waals surface area contributed by atoms with Gasteiger partial charge in [0.25, 0.3) is 5.22 Å². The summed E-state index contributed by atoms with van der Waals surface area (Å²) < 4.78 is 5.46. The number of thioether (sulfide) groups is 1. The Bertz CT molecular complexity index is 560. The molecule has 0 aliphatic heterocycles. The molecule has 0 saturated carbocycles. The van der Waals surface area contributed by atoms with Crippen molar-refractivity contribution in [3.63, 3.8) is 0 Å². The SMILES string of the molecule is Cc1cc(C)cc(-c2nnc(SCC(N)=O)o2)c1. The molecule has 2 aromatic rings. The van der Waals surface area contributed by atoms with E-state index in [1.54, 1.807) is 0 Å². The number of rotatable bonds is 4. The largest absolute Gasteiger partial charge is 0.411 e. The number of hydrogen-bond acceptors (Lipinski definition) is 5. The predicted molar refractivity (Wildman–Crippen MR) is 69.1 cm³/mol. The number of benzene rings is 1. The minimum atomic E-state index is -0.411. The number of carbonyl (C=O) groups is 1. The third kappa shape index (κ3) is 3.10. The van der Waals surface area contributed by atoms with E-state index in [0.717, 1.165) is 28.5 Å². The molecule has 18 heavy (non-hydrogen) atoms. The Balaban J connectivity index is 2.21. The van der Waals surface area contributed by atoms with Crippen LogP contribution < -0.4 is 5.73 Å². The average Bonchev–Trinajstić information content (AvgIpc) is 2.73. The highest BCUT2D eigenvalue weighted by atomic mass is 32.2. The van der Waals surface area contributed by atoms with Gasteiger partial charge in [0.05, 0.1) is 5.75 Å². The quantitative estimate of drug-likeness (QED) is 0.852. The first-order valence-corrected chi connectivity index (χ1v) is 6.36. The third-order valence-corrected chi connectivity index (χ3v) is 3.05. The molecule has 94 valence electrons. The van der Waals surface area contributed by atoms with Gasteiger partial charge in [-0.1, -0.05) is 29.0 Å². The Morgan fingerprint density at radius 3 is 2.56 bits per heavy atom. The number of aryl methyl sites for hydroxylation is 2. The highest BCUT2D eigenvalue weighted by molar-refractivity contribution is 7.99. The van der Waals surface area contributed by atoms with Gasteiger partial charge in [0.15, 0.2) is 0 Å². The highest BCUT2D eigenvalue weighted by Crippen LogP contribution is 2.24. The molecule has 0 unspecified atom stereocenters. The van der Waals surface area contributed by atoms with E-state index in [-0.39, 0.29) is 5.75 Å². The Morgan fingerprint density at radius 2 is 1.94 bits per heavy atom. The van der Waals surface area contributed by atoms with Gasteiger partial charge in [-0.05, 0) is 26.0 Å². The Labute approximate surface area is 109 Å². The lowest BCUT2D eigenvalue weighted by Crippen LogP contribution is -2.12. The first-order chi connectivity index (χ1) is 8.54. The van der Waals surface area contributed by atoms with Crippen molar-refractivity contribution in [2.45, 2.75) is 19.1 Å². The van der Waals surface area contributed by atoms with Crippen molar-refractivity contribution in [1.29, 1.82) is 0 Å². The van der Waals surface area contributed by atoms with Gasteiger partial charge in [0.1, 0.15) is 0 Å². The maximum Gasteiger partial charge on any atom is 0.277 e. The van der Waals surface area contributed by atoms with Crippen molar-refractivity contribution in [3.8, 4) is 11.5 Å². The maximum atomic E-state index is 10.7. The molecule has 5 nitrogen and oxygen atoms in total. The van der Waals surface area contributed by atoms with Crippen LogP contribution >= 0.6 is 11.8 Å². The molecule has 1 amide bonds. The fourth-order valence-electron chi connectivity index (χ4n) is 1.62. The number of nitrogens with zero attached hydrogens (tertiary/aromatic N) is 2. The summed E-state index contributed by atoms with van der Waals surface area (Å²) in [5.41, 5.74) is 8.20. The zero-order chi connectivity index (χ0) is 13.1. The number of amides is 1. The molecule has 0 atom stereocenters. The lowest BCUT2D eigenvalue weighted by atomic mass is 10.1. The average molecular weight is 263 g/mol. The van der Waals surface area contributed by atoms with Crippen molar-refractivity contribution in [1.82, 2.24) is 10.2 Å². The van der Waals surface area contributed by atoms with Gasteiger partial charge < -0.3 is 10.2 Å². The van der Waals surface area contributed by atoms with Gasteiger partial charge in [-0.25, -0.2) is 0 Å². The van der Waals surface area contributed by atoms with Crippen molar-refractivity contribution in [3.05, 3.63) is 29.3 Å². The van der Waals surface area contributed by atoms with E-state index in [4.69, 9.17) is 10.2 Å². The number of nitrogens with two attached hydrogens (primary N) is 1. The lowest BCUT2D eigenvalue weighted by Gasteiger charge is -1.99. The predicted octanol–water partition coefficient (Wildman–Crippen LogP) is 1.93. The standard InChI is InChI=1S/C12H13N3O2S/c1-7-3-8(2)5-9(4-7)11-14-15-12(17-11)18-6-10(13)16/h3-5H,6H2,1-2H3,(H2,13,16). The van der Waals surface area contributed by atoms with E-state index < -0.39 is 5.91 Å². The van der Waals surface area contributed by atoms with Crippen LogP contribution in [0.3, 0.4) is 0 Å². The van der Waals surface area contributed by atoms with Crippen LogP contribution in [0.4, 0.5) is 0 Å². The van der Waals surface area contributed by atoms with Crippen LogP contribution in [0.1, 0.15) is 11.1 Å². The van der Waals surface area contributed by atoms with Crippen LogP contribution in [0.15, 0.2) is 27.8 Å². The molecule has 1 aromatic carbocycles. The number of aromatic nitrogens is 2. The summed E-state index contributed by atoms with van der Waals surface area (Å²) >= 11 is 1.14. The third-order valence-electron chi connectivity index (χ3n) is 2.21. The molecule has 2 N–H and O–H groups in total. The lowest BCUT2D eigenvalue weighted by molar-refractivity contribution is -0.115. The van der Waals surface area contributed by atoms with Crippen LogP contribution in [-0.2, 0) is 4.79 Å². The van der Waals surface area contributed by atoms with Crippen molar-refractivity contribution < 1.29 is 9.21 Å². The second-order valence-corrected chi connectivity index (χ2v) is 4.93. The second kappa shape index (κ2) is 5.22. The van der Waals surface area contributed by atoms with E-state index in [1.807, 2.05) is 26.0 Å². The van der Waals surface area contributed by atoms with Gasteiger partial charge in [-0.2, -0.15) is 0 Å². The molecule has 0 fully saturated rings. The summed E-state index contributed by atoms with van der Waals surface area (Å²) in [6, 6.07) is 6.02. The topological polar surface area (TPSA) is 82.0 Å². The summed E-state index contributed by atoms with van der Waals surface area (Å²) in [5, 5.41) is 8.17. The van der Waals surface area contributed by atoms with Crippen LogP contribution in [-0.4, -0.2) is 21.9 Å². The summed E-state index contributed by atoms with van der Waals surface area (Å²) in [6.45, 7) is 4.02. The number of carbonyl (C=O) groups excluding carboxylic acids is 1. The molecule has 1 heterocycles. The zero-order valence-corrected chi connectivity index (χ0v) is 11.0. The van der Waals surface area contributed by atoms with Crippen LogP contribution in [0.5, 0.6) is 0 Å². The molecule has 0 saturated heterocycles. The molecule has 0 aliphatic rings. The van der Waals surface area contributed by atoms with E-state index in [0.29, 0.717) is 11.1 Å². The van der Waals surface area contributed by atoms with E-state index in [1.165, 1.54) is 0 Å². The molecule has 0 aliphatic carbocycles. The fraction of sp³-hybridized carbons (Fsp3) is 0.250. The molecular formula is C12H13N3O2S. The Morgan fingerprint density at radius 1 is 1.28 bits per heavy atom. The molecule has 0 bridgehead atoms. The molecular weight excluding hydrogens is 250 g/mol. The second-order valence-electron chi connectivity index (χ2n) is 4.00. The monoisotopic (exact) mass is 263 g/mol. The minimum Gasteiger partial charge on any atom is -0.411 e. The van der Waals surface area contributed by atoms with Gasteiger partial charge in [-0.3, -0.25) is 4.79 Å². The molecule has 1 aromatic heterocycles. The summed E-state index contributed by atoms with van der Waals surface area (Å²) in [4.78, 5) is 10.7. The summed E-state index contributed by atoms with van der Waals surface area (Å²) in [5.74, 6) is 0.175. The number of primary amides is 1. The first-order valence-electron chi connectivity index (χ1n) is 5.38. The van der Waals surface area contributed by atoms with Crippen LogP contribution in [0.2, 0.25) is 0 Å². The van der Waals surface area contributed by atoms with Gasteiger partial charge in [-0.15, -0.1) is 10.2 Å². The molecule has 2 rings (SSSR count). The number of hydrogen-bond donors (Lipinski definition) is 1. The molecule has 0 radical (unpaired) electrons. The normalized spacial score (nSPS) is 10.6. The van der Waals surface area contributed by atoms with E-state index in [2.05, 4.69) is 16.3 Å². The van der Waals surface area contributed by atoms with Gasteiger partial charge >= 0.3 is 0 Å². The van der Waals surface area contributed by atoms with Crippen LogP contribution in [0, 0.1) is 13.8 Å². The fourth-order valence-corrected chi connectivity index (χ4v) is 2.12. The minimum absolute atomic E-state index is 0.133. The maximum absolute atomic E-state index is 10.7. The zero-order valence-electron chi connectivity index (χ0n) is 10.1. The smallest absolute Gasteiger partial charge is 0.277 e. The van der Waals surface area contributed by atoms with Crippen molar-refractivity contribution in [2.75, 3.05) is 5.75 Å². The summed E-state index contributed by atoms with van der Waals surface area (Å²) in [6.07, 6.45) is 0. The van der Waals surface area contributed by atoms with Crippen LogP contribution in [0.25, 0.3) is 11.5 Å². The van der Waals surface area contributed by atoms with Gasteiger partial charge in [0, 0.05) is 5.56 Å². The highest BCUT2D eigenvalue weighted by Gasteiger charge is 2.10. The van der Waals surface area contributed by atoms with Crippen molar-refractivity contribution >= 4 is 17.7 Å². The van der Waals surface area contributed by atoms with Gasteiger partial charge in [0.2, 0.25) is 11.8 Å². The Hall–Kier alpha value is -1.82. The molecule has 6 heteroatoms. The van der Waals surface area contributed by atoms with E-state index in [9.17, 15) is 4.79 Å². The first kappa shape index (κ1) is 12.6. The van der Waals surface area contributed by atoms with Crippen molar-refractivity contribution in [2.24, 2.45) is 5.73 Å².